The van der Waals surface area contributed by atoms with Gasteiger partial charge in [0, 0.05) is 16.8 Å². The van der Waals surface area contributed by atoms with E-state index >= 15 is 0 Å². The molecule has 0 atom stereocenters. The monoisotopic (exact) mass is 235 g/mol. The summed E-state index contributed by atoms with van der Waals surface area (Å²) in [5, 5.41) is 3.38. The molecular formula is C11H10ClN3O. The summed E-state index contributed by atoms with van der Waals surface area (Å²) in [6, 6.07) is 6.74. The summed E-state index contributed by atoms with van der Waals surface area (Å²) in [6.45, 7) is 0.432. The van der Waals surface area contributed by atoms with E-state index in [2.05, 4.69) is 15.3 Å². The summed E-state index contributed by atoms with van der Waals surface area (Å²) in [5.41, 5.74) is 1.45. The van der Waals surface area contributed by atoms with E-state index in [0.717, 1.165) is 5.69 Å². The molecule has 0 aliphatic rings. The first-order valence-corrected chi connectivity index (χ1v) is 5.14. The van der Waals surface area contributed by atoms with Gasteiger partial charge in [-0.3, -0.25) is 4.79 Å². The molecule has 0 aliphatic heterocycles. The minimum Gasteiger partial charge on any atom is -0.347 e. The molecule has 1 aromatic carbocycles. The molecule has 16 heavy (non-hydrogen) atoms. The van der Waals surface area contributed by atoms with Gasteiger partial charge in [-0.2, -0.15) is 0 Å². The van der Waals surface area contributed by atoms with Crippen LogP contribution < -0.4 is 5.32 Å². The zero-order valence-electron chi connectivity index (χ0n) is 8.40. The van der Waals surface area contributed by atoms with Crippen LogP contribution in [0.5, 0.6) is 0 Å². The summed E-state index contributed by atoms with van der Waals surface area (Å²) >= 11 is 5.73. The number of carbonyl (C=O) groups excluding carboxylic acids is 1. The number of hydrogen-bond acceptors (Lipinski definition) is 2. The maximum atomic E-state index is 11.7. The number of carbonyl (C=O) groups is 1. The Balaban J connectivity index is 1.95. The Bertz CT molecular complexity index is 464. The van der Waals surface area contributed by atoms with Gasteiger partial charge in [-0.1, -0.05) is 11.6 Å². The van der Waals surface area contributed by atoms with E-state index in [1.165, 1.54) is 0 Å². The average molecular weight is 236 g/mol. The Morgan fingerprint density at radius 3 is 2.75 bits per heavy atom. The number of rotatable bonds is 3. The van der Waals surface area contributed by atoms with Crippen LogP contribution in [0.2, 0.25) is 5.02 Å². The van der Waals surface area contributed by atoms with Crippen molar-refractivity contribution in [3.63, 3.8) is 0 Å². The number of aromatic amines is 1. The second-order valence-electron chi connectivity index (χ2n) is 3.27. The van der Waals surface area contributed by atoms with Crippen LogP contribution in [0.4, 0.5) is 0 Å². The van der Waals surface area contributed by atoms with E-state index < -0.39 is 0 Å². The lowest BCUT2D eigenvalue weighted by Crippen LogP contribution is -2.22. The molecule has 0 saturated heterocycles. The zero-order chi connectivity index (χ0) is 11.4. The van der Waals surface area contributed by atoms with Gasteiger partial charge >= 0.3 is 0 Å². The number of imidazole rings is 1. The summed E-state index contributed by atoms with van der Waals surface area (Å²) in [6.07, 6.45) is 3.24. The molecule has 0 radical (unpaired) electrons. The van der Waals surface area contributed by atoms with Gasteiger partial charge in [0.1, 0.15) is 0 Å². The van der Waals surface area contributed by atoms with Crippen molar-refractivity contribution in [2.75, 3.05) is 0 Å². The third-order valence-electron chi connectivity index (χ3n) is 2.10. The second kappa shape index (κ2) is 4.81. The van der Waals surface area contributed by atoms with E-state index in [1.54, 1.807) is 36.8 Å². The summed E-state index contributed by atoms with van der Waals surface area (Å²) in [7, 11) is 0. The second-order valence-corrected chi connectivity index (χ2v) is 3.70. The first kappa shape index (κ1) is 10.7. The fraction of sp³-hybridized carbons (Fsp3) is 0.0909. The van der Waals surface area contributed by atoms with Crippen LogP contribution in [0.3, 0.4) is 0 Å². The number of nitrogens with one attached hydrogen (secondary N) is 2. The molecule has 2 aromatic rings. The summed E-state index contributed by atoms with van der Waals surface area (Å²) in [4.78, 5) is 18.4. The van der Waals surface area contributed by atoms with E-state index in [-0.39, 0.29) is 5.91 Å². The molecular weight excluding hydrogens is 226 g/mol. The molecule has 0 fully saturated rings. The lowest BCUT2D eigenvalue weighted by molar-refractivity contribution is 0.0950. The highest BCUT2D eigenvalue weighted by Crippen LogP contribution is 2.09. The topological polar surface area (TPSA) is 57.8 Å². The molecule has 0 bridgehead atoms. The minimum atomic E-state index is -0.133. The third kappa shape index (κ3) is 2.61. The Morgan fingerprint density at radius 2 is 2.12 bits per heavy atom. The van der Waals surface area contributed by atoms with Crippen LogP contribution in [0, 0.1) is 0 Å². The molecule has 4 nitrogen and oxygen atoms in total. The van der Waals surface area contributed by atoms with E-state index in [0.29, 0.717) is 17.1 Å². The number of H-pyrrole nitrogens is 1. The van der Waals surface area contributed by atoms with Gasteiger partial charge in [-0.15, -0.1) is 0 Å². The van der Waals surface area contributed by atoms with E-state index in [9.17, 15) is 4.79 Å². The van der Waals surface area contributed by atoms with Crippen molar-refractivity contribution in [2.24, 2.45) is 0 Å². The predicted octanol–water partition coefficient (Wildman–Crippen LogP) is 1.99. The highest BCUT2D eigenvalue weighted by Gasteiger charge is 2.04. The van der Waals surface area contributed by atoms with Crippen molar-refractivity contribution in [2.45, 2.75) is 6.54 Å². The Morgan fingerprint density at radius 1 is 1.38 bits per heavy atom. The molecule has 82 valence electrons. The van der Waals surface area contributed by atoms with E-state index in [4.69, 9.17) is 11.6 Å². The van der Waals surface area contributed by atoms with E-state index in [1.807, 2.05) is 0 Å². The number of hydrogen-bond donors (Lipinski definition) is 2. The number of nitrogens with zero attached hydrogens (tertiary/aromatic N) is 1. The lowest BCUT2D eigenvalue weighted by atomic mass is 10.2. The van der Waals surface area contributed by atoms with Crippen molar-refractivity contribution in [3.05, 3.63) is 53.1 Å². The third-order valence-corrected chi connectivity index (χ3v) is 2.35. The fourth-order valence-corrected chi connectivity index (χ4v) is 1.39. The molecule has 0 spiro atoms. The molecule has 1 amide bonds. The fourth-order valence-electron chi connectivity index (χ4n) is 1.26. The molecule has 0 unspecified atom stereocenters. The zero-order valence-corrected chi connectivity index (χ0v) is 9.16. The summed E-state index contributed by atoms with van der Waals surface area (Å²) < 4.78 is 0. The quantitative estimate of drug-likeness (QED) is 0.855. The van der Waals surface area contributed by atoms with Gasteiger partial charge in [0.25, 0.3) is 5.91 Å². The molecule has 2 rings (SSSR count). The van der Waals surface area contributed by atoms with Gasteiger partial charge < -0.3 is 10.3 Å². The van der Waals surface area contributed by atoms with Gasteiger partial charge in [0.05, 0.1) is 18.6 Å². The Hall–Kier alpha value is -1.81. The molecule has 0 aliphatic carbocycles. The van der Waals surface area contributed by atoms with Gasteiger partial charge in [-0.25, -0.2) is 4.98 Å². The lowest BCUT2D eigenvalue weighted by Gasteiger charge is -2.03. The number of halogens is 1. The normalized spacial score (nSPS) is 10.1. The van der Waals surface area contributed by atoms with Crippen LogP contribution in [0.1, 0.15) is 16.1 Å². The SMILES string of the molecule is O=C(NCc1cnc[nH]1)c1ccc(Cl)cc1. The first-order valence-electron chi connectivity index (χ1n) is 4.77. The van der Waals surface area contributed by atoms with Crippen molar-refractivity contribution in [3.8, 4) is 0 Å². The molecule has 2 N–H and O–H groups in total. The highest BCUT2D eigenvalue weighted by atomic mass is 35.5. The molecule has 1 aromatic heterocycles. The van der Waals surface area contributed by atoms with Crippen LogP contribution in [0.15, 0.2) is 36.8 Å². The van der Waals surface area contributed by atoms with Crippen LogP contribution in [0.25, 0.3) is 0 Å². The smallest absolute Gasteiger partial charge is 0.251 e. The van der Waals surface area contributed by atoms with Gasteiger partial charge in [-0.05, 0) is 24.3 Å². The number of aromatic nitrogens is 2. The molecule has 1 heterocycles. The highest BCUT2D eigenvalue weighted by molar-refractivity contribution is 6.30. The standard InChI is InChI=1S/C11H10ClN3O/c12-9-3-1-8(2-4-9)11(16)14-6-10-5-13-7-15-10/h1-5,7H,6H2,(H,13,15)(H,14,16). The number of benzene rings is 1. The van der Waals surface area contributed by atoms with Crippen LogP contribution in [-0.2, 0) is 6.54 Å². The Kier molecular flexibility index (Phi) is 3.22. The molecule has 5 heteroatoms. The number of amides is 1. The summed E-state index contributed by atoms with van der Waals surface area (Å²) in [5.74, 6) is -0.133. The predicted molar refractivity (Wildman–Crippen MR) is 61.2 cm³/mol. The largest absolute Gasteiger partial charge is 0.347 e. The minimum absolute atomic E-state index is 0.133. The van der Waals surface area contributed by atoms with Crippen molar-refractivity contribution >= 4 is 17.5 Å². The maximum absolute atomic E-state index is 11.7. The van der Waals surface area contributed by atoms with Crippen molar-refractivity contribution in [1.82, 2.24) is 15.3 Å². The average Bonchev–Trinajstić information content (AvgIpc) is 2.80. The van der Waals surface area contributed by atoms with Crippen LogP contribution in [-0.4, -0.2) is 15.9 Å². The maximum Gasteiger partial charge on any atom is 0.251 e. The van der Waals surface area contributed by atoms with Crippen LogP contribution >= 0.6 is 11.6 Å². The van der Waals surface area contributed by atoms with Crippen molar-refractivity contribution in [1.29, 1.82) is 0 Å². The Labute approximate surface area is 97.7 Å². The van der Waals surface area contributed by atoms with Crippen molar-refractivity contribution < 1.29 is 4.79 Å². The first-order chi connectivity index (χ1) is 7.75. The molecule has 0 saturated carbocycles. The van der Waals surface area contributed by atoms with Gasteiger partial charge in [0.15, 0.2) is 0 Å². The van der Waals surface area contributed by atoms with Gasteiger partial charge in [0.2, 0.25) is 0 Å².